The van der Waals surface area contributed by atoms with Crippen LogP contribution in [0.2, 0.25) is 0 Å². The van der Waals surface area contributed by atoms with Crippen LogP contribution >= 0.6 is 12.4 Å². The van der Waals surface area contributed by atoms with Crippen LogP contribution in [0.1, 0.15) is 41.7 Å². The molecule has 1 aliphatic heterocycles. The normalized spacial score (nSPS) is 16.3. The Balaban J connectivity index is 0.00000259. The Morgan fingerprint density at radius 3 is 2.70 bits per heavy atom. The highest BCUT2D eigenvalue weighted by atomic mass is 35.5. The number of rotatable bonds is 7. The number of halogens is 1. The van der Waals surface area contributed by atoms with Gasteiger partial charge in [0.15, 0.2) is 0 Å². The maximum atomic E-state index is 13.1. The van der Waals surface area contributed by atoms with Gasteiger partial charge in [0.2, 0.25) is 0 Å². The second-order valence-corrected chi connectivity index (χ2v) is 8.69. The third-order valence-corrected chi connectivity index (χ3v) is 6.28. The molecule has 0 spiro atoms. The van der Waals surface area contributed by atoms with Crippen molar-refractivity contribution < 1.29 is 14.3 Å². The molecular weight excluding hydrogens is 442 g/mol. The van der Waals surface area contributed by atoms with Crippen LogP contribution in [-0.2, 0) is 0 Å². The molecule has 3 aromatic rings. The topological polar surface area (TPSA) is 101 Å². The third kappa shape index (κ3) is 4.91. The van der Waals surface area contributed by atoms with Gasteiger partial charge in [0.1, 0.15) is 29.0 Å². The highest BCUT2D eigenvalue weighted by Gasteiger charge is 2.25. The predicted molar refractivity (Wildman–Crippen MR) is 129 cm³/mol. The number of nitrogens with zero attached hydrogens (tertiary/aromatic N) is 2. The summed E-state index contributed by atoms with van der Waals surface area (Å²) in [5, 5.41) is 6.49. The molecule has 2 aromatic heterocycles. The molecule has 2 aliphatic rings. The lowest BCUT2D eigenvalue weighted by Crippen LogP contribution is -2.42. The van der Waals surface area contributed by atoms with E-state index >= 15 is 0 Å². The number of fused-ring (bicyclic) bond motifs is 1. The quantitative estimate of drug-likeness (QED) is 0.486. The fourth-order valence-electron chi connectivity index (χ4n) is 4.28. The molecule has 5 rings (SSSR count). The zero-order valence-electron chi connectivity index (χ0n) is 18.9. The van der Waals surface area contributed by atoms with Crippen molar-refractivity contribution in [1.82, 2.24) is 25.6 Å². The molecule has 2 fully saturated rings. The van der Waals surface area contributed by atoms with Crippen molar-refractivity contribution in [2.24, 2.45) is 5.92 Å². The number of aromatic nitrogens is 3. The van der Waals surface area contributed by atoms with Crippen LogP contribution < -0.4 is 20.1 Å². The van der Waals surface area contributed by atoms with Crippen LogP contribution in [0, 0.1) is 12.8 Å². The van der Waals surface area contributed by atoms with Gasteiger partial charge in [-0.1, -0.05) is 0 Å². The van der Waals surface area contributed by atoms with E-state index in [2.05, 4.69) is 25.6 Å². The molecule has 176 valence electrons. The summed E-state index contributed by atoms with van der Waals surface area (Å²) in [5.74, 6) is 2.04. The number of H-pyrrole nitrogens is 1. The molecule has 1 aromatic carbocycles. The van der Waals surface area contributed by atoms with Gasteiger partial charge in [-0.2, -0.15) is 0 Å². The smallest absolute Gasteiger partial charge is 0.255 e. The molecule has 33 heavy (non-hydrogen) atoms. The lowest BCUT2D eigenvalue weighted by atomic mass is 10.1. The maximum Gasteiger partial charge on any atom is 0.255 e. The number of amides is 1. The molecule has 0 atom stereocenters. The van der Waals surface area contributed by atoms with Crippen molar-refractivity contribution >= 4 is 29.3 Å². The lowest BCUT2D eigenvalue weighted by Gasteiger charge is -2.23. The number of piperidine rings is 1. The minimum absolute atomic E-state index is 0. The van der Waals surface area contributed by atoms with Crippen LogP contribution in [0.5, 0.6) is 11.5 Å². The van der Waals surface area contributed by atoms with E-state index < -0.39 is 0 Å². The first kappa shape index (κ1) is 23.3. The molecule has 0 bridgehead atoms. The number of aryl methyl sites for hydroxylation is 1. The number of methoxy groups -OCH3 is 1. The highest BCUT2D eigenvalue weighted by molar-refractivity contribution is 6.09. The van der Waals surface area contributed by atoms with Crippen LogP contribution in [-0.4, -0.2) is 53.7 Å². The molecule has 1 saturated carbocycles. The average molecular weight is 472 g/mol. The Labute approximate surface area is 199 Å². The fraction of sp³-hybridized carbons (Fsp3) is 0.458. The fourth-order valence-corrected chi connectivity index (χ4v) is 4.28. The molecule has 0 radical (unpaired) electrons. The zero-order chi connectivity index (χ0) is 22.1. The van der Waals surface area contributed by atoms with E-state index in [0.29, 0.717) is 28.4 Å². The maximum absolute atomic E-state index is 13.1. The summed E-state index contributed by atoms with van der Waals surface area (Å²) < 4.78 is 11.6. The van der Waals surface area contributed by atoms with Crippen molar-refractivity contribution in [2.75, 3.05) is 26.8 Å². The molecule has 1 amide bonds. The minimum Gasteiger partial charge on any atom is -0.496 e. The van der Waals surface area contributed by atoms with E-state index in [-0.39, 0.29) is 24.4 Å². The molecule has 8 nitrogen and oxygen atoms in total. The van der Waals surface area contributed by atoms with E-state index in [0.717, 1.165) is 55.1 Å². The first-order valence-electron chi connectivity index (χ1n) is 11.3. The summed E-state index contributed by atoms with van der Waals surface area (Å²) >= 11 is 0. The first-order chi connectivity index (χ1) is 15.6. The number of hydrogen-bond donors (Lipinski definition) is 3. The van der Waals surface area contributed by atoms with Crippen molar-refractivity contribution in [2.45, 2.75) is 38.6 Å². The average Bonchev–Trinajstić information content (AvgIpc) is 3.58. The Bertz CT molecular complexity index is 1140. The molecule has 1 saturated heterocycles. The Kier molecular flexibility index (Phi) is 7.05. The molecule has 9 heteroatoms. The number of aromatic amines is 1. The zero-order valence-corrected chi connectivity index (χ0v) is 19.8. The summed E-state index contributed by atoms with van der Waals surface area (Å²) in [5.41, 5.74) is 4.22. The Morgan fingerprint density at radius 1 is 1.18 bits per heavy atom. The van der Waals surface area contributed by atoms with E-state index in [1.54, 1.807) is 7.11 Å². The first-order valence-corrected chi connectivity index (χ1v) is 11.3. The van der Waals surface area contributed by atoms with Crippen molar-refractivity contribution in [1.29, 1.82) is 0 Å². The Hall–Kier alpha value is -2.84. The van der Waals surface area contributed by atoms with Gasteiger partial charge in [-0.25, -0.2) is 9.97 Å². The van der Waals surface area contributed by atoms with Gasteiger partial charge in [-0.05, 0) is 63.7 Å². The predicted octanol–water partition coefficient (Wildman–Crippen LogP) is 3.63. The van der Waals surface area contributed by atoms with Crippen LogP contribution in [0.25, 0.3) is 22.3 Å². The summed E-state index contributed by atoms with van der Waals surface area (Å²) in [6, 6.07) is 5.96. The largest absolute Gasteiger partial charge is 0.496 e. The second kappa shape index (κ2) is 9.97. The number of nitrogens with one attached hydrogen (secondary N) is 3. The van der Waals surface area contributed by atoms with Crippen molar-refractivity contribution in [3.63, 3.8) is 0 Å². The molecule has 0 unspecified atom stereocenters. The van der Waals surface area contributed by atoms with E-state index in [1.165, 1.54) is 19.2 Å². The highest BCUT2D eigenvalue weighted by Crippen LogP contribution is 2.37. The van der Waals surface area contributed by atoms with E-state index in [9.17, 15) is 4.79 Å². The number of benzene rings is 1. The van der Waals surface area contributed by atoms with Crippen LogP contribution in [0.15, 0.2) is 24.5 Å². The van der Waals surface area contributed by atoms with Gasteiger partial charge in [-0.3, -0.25) is 4.79 Å². The number of ether oxygens (including phenoxy) is 2. The number of hydrogen-bond acceptors (Lipinski definition) is 6. The third-order valence-electron chi connectivity index (χ3n) is 6.28. The van der Waals surface area contributed by atoms with Crippen LogP contribution in [0.3, 0.4) is 0 Å². The standard InChI is InChI=1S/C24H29N5O3.ClH/c1-14-20(24(30)29-16-7-9-25-10-8-16)22-23(28-14)21(26-13-27-22)18-6-5-17(11-19(18)31-2)32-12-15-3-4-15;/h5-6,11,13,15-16,25,28H,3-4,7-10,12H2,1-2H3,(H,29,30);1H. The number of carbonyl (C=O) groups is 1. The van der Waals surface area contributed by atoms with Crippen molar-refractivity contribution in [3.05, 3.63) is 35.8 Å². The van der Waals surface area contributed by atoms with E-state index in [1.807, 2.05) is 25.1 Å². The summed E-state index contributed by atoms with van der Waals surface area (Å²) in [6.07, 6.45) is 5.85. The van der Waals surface area contributed by atoms with Gasteiger partial charge in [0.25, 0.3) is 5.91 Å². The summed E-state index contributed by atoms with van der Waals surface area (Å²) in [4.78, 5) is 25.4. The molecule has 1 aliphatic carbocycles. The SMILES string of the molecule is COc1cc(OCC2CC2)ccc1-c1ncnc2c(C(=O)NC3CCNCC3)c(C)[nH]c12.Cl. The molecule has 3 N–H and O–H groups in total. The van der Waals surface area contributed by atoms with E-state index in [4.69, 9.17) is 9.47 Å². The molecular formula is C24H30ClN5O3. The van der Waals surface area contributed by atoms with Crippen LogP contribution in [0.4, 0.5) is 0 Å². The van der Waals surface area contributed by atoms with Gasteiger partial charge in [0, 0.05) is 23.4 Å². The van der Waals surface area contributed by atoms with Gasteiger partial charge < -0.3 is 25.1 Å². The lowest BCUT2D eigenvalue weighted by molar-refractivity contribution is 0.0930. The summed E-state index contributed by atoms with van der Waals surface area (Å²) in [7, 11) is 1.64. The van der Waals surface area contributed by atoms with Gasteiger partial charge >= 0.3 is 0 Å². The molecule has 3 heterocycles. The summed E-state index contributed by atoms with van der Waals surface area (Å²) in [6.45, 7) is 4.48. The second-order valence-electron chi connectivity index (χ2n) is 8.69. The Morgan fingerprint density at radius 2 is 1.97 bits per heavy atom. The number of carbonyl (C=O) groups excluding carboxylic acids is 1. The van der Waals surface area contributed by atoms with Gasteiger partial charge in [-0.15, -0.1) is 12.4 Å². The van der Waals surface area contributed by atoms with Crippen molar-refractivity contribution in [3.8, 4) is 22.8 Å². The minimum atomic E-state index is -0.0962. The van der Waals surface area contributed by atoms with Gasteiger partial charge in [0.05, 0.1) is 24.8 Å². The monoisotopic (exact) mass is 471 g/mol.